The zero-order valence-electron chi connectivity index (χ0n) is 20.8. The summed E-state index contributed by atoms with van der Waals surface area (Å²) in [6.45, 7) is 1.01. The SMILES string of the molecule is COc1cncc2c1[C@]1(O)C(O)[C@H](CNCc3cccnc3)[C@@H](c3ccccc3)[C@]1(c1ccc(Br)cc1)O2. The second-order valence-corrected chi connectivity index (χ2v) is 10.7. The lowest BCUT2D eigenvalue weighted by molar-refractivity contribution is -0.152. The van der Waals surface area contributed by atoms with E-state index in [0.29, 0.717) is 30.2 Å². The molecule has 1 unspecified atom stereocenters. The average molecular weight is 574 g/mol. The van der Waals surface area contributed by atoms with Crippen LogP contribution in [0.4, 0.5) is 0 Å². The number of aliphatic hydroxyl groups is 2. The van der Waals surface area contributed by atoms with Gasteiger partial charge in [0, 0.05) is 41.8 Å². The topological polar surface area (TPSA) is 96.7 Å². The first-order chi connectivity index (χ1) is 18.5. The Morgan fingerprint density at radius 1 is 1.00 bits per heavy atom. The molecular formula is C30H28BrN3O4. The summed E-state index contributed by atoms with van der Waals surface area (Å²) in [5, 5.41) is 28.4. The minimum atomic E-state index is -1.81. The fourth-order valence-corrected chi connectivity index (χ4v) is 6.61. The summed E-state index contributed by atoms with van der Waals surface area (Å²) in [5.41, 5.74) is 0.00923. The van der Waals surface area contributed by atoms with E-state index < -0.39 is 29.1 Å². The van der Waals surface area contributed by atoms with Gasteiger partial charge in [0.15, 0.2) is 11.2 Å². The second-order valence-electron chi connectivity index (χ2n) is 9.82. The van der Waals surface area contributed by atoms with Crippen molar-refractivity contribution < 1.29 is 19.7 Å². The number of hydrogen-bond donors (Lipinski definition) is 3. The van der Waals surface area contributed by atoms with Crippen molar-refractivity contribution in [3.63, 3.8) is 0 Å². The van der Waals surface area contributed by atoms with Gasteiger partial charge in [0.25, 0.3) is 0 Å². The summed E-state index contributed by atoms with van der Waals surface area (Å²) >= 11 is 3.53. The highest BCUT2D eigenvalue weighted by molar-refractivity contribution is 9.10. The van der Waals surface area contributed by atoms with Gasteiger partial charge in [0.05, 0.1) is 31.2 Å². The largest absolute Gasteiger partial charge is 0.495 e. The van der Waals surface area contributed by atoms with Gasteiger partial charge < -0.3 is 25.0 Å². The molecule has 3 heterocycles. The van der Waals surface area contributed by atoms with Gasteiger partial charge in [0.2, 0.25) is 0 Å². The van der Waals surface area contributed by atoms with Gasteiger partial charge in [-0.25, -0.2) is 0 Å². The van der Waals surface area contributed by atoms with Crippen molar-refractivity contribution in [3.8, 4) is 11.5 Å². The summed E-state index contributed by atoms with van der Waals surface area (Å²) in [6, 6.07) is 21.6. The lowest BCUT2D eigenvalue weighted by Crippen LogP contribution is -2.52. The highest BCUT2D eigenvalue weighted by Gasteiger charge is 2.76. The number of hydrogen-bond acceptors (Lipinski definition) is 7. The average Bonchev–Trinajstić information content (AvgIpc) is 3.33. The third kappa shape index (κ3) is 3.66. The van der Waals surface area contributed by atoms with Crippen molar-refractivity contribution in [2.24, 2.45) is 5.92 Å². The van der Waals surface area contributed by atoms with Crippen LogP contribution < -0.4 is 14.8 Å². The van der Waals surface area contributed by atoms with Crippen LogP contribution in [-0.2, 0) is 17.7 Å². The van der Waals surface area contributed by atoms with Crippen molar-refractivity contribution in [2.45, 2.75) is 29.8 Å². The Hall–Kier alpha value is -3.30. The summed E-state index contributed by atoms with van der Waals surface area (Å²) in [6.07, 6.45) is 5.51. The quantitative estimate of drug-likeness (QED) is 0.303. The van der Waals surface area contributed by atoms with Crippen molar-refractivity contribution in [1.82, 2.24) is 15.3 Å². The molecule has 2 aromatic heterocycles. The zero-order chi connectivity index (χ0) is 26.3. The van der Waals surface area contributed by atoms with Crippen molar-refractivity contribution in [2.75, 3.05) is 13.7 Å². The second kappa shape index (κ2) is 9.78. The van der Waals surface area contributed by atoms with E-state index in [1.165, 1.54) is 7.11 Å². The Balaban J connectivity index is 1.53. The minimum Gasteiger partial charge on any atom is -0.495 e. The molecular weight excluding hydrogens is 546 g/mol. The van der Waals surface area contributed by atoms with Crippen molar-refractivity contribution in [1.29, 1.82) is 0 Å². The fraction of sp³-hybridized carbons (Fsp3) is 0.267. The van der Waals surface area contributed by atoms with Gasteiger partial charge in [-0.2, -0.15) is 0 Å². The molecule has 1 aliphatic heterocycles. The van der Waals surface area contributed by atoms with Crippen molar-refractivity contribution in [3.05, 3.63) is 118 Å². The molecule has 2 aromatic carbocycles. The summed E-state index contributed by atoms with van der Waals surface area (Å²) in [4.78, 5) is 8.48. The molecule has 5 atom stereocenters. The van der Waals surface area contributed by atoms with E-state index in [-0.39, 0.29) is 0 Å². The molecule has 1 aliphatic carbocycles. The van der Waals surface area contributed by atoms with Gasteiger partial charge >= 0.3 is 0 Å². The molecule has 8 heteroatoms. The van der Waals surface area contributed by atoms with E-state index in [9.17, 15) is 10.2 Å². The molecule has 0 saturated heterocycles. The van der Waals surface area contributed by atoms with E-state index in [4.69, 9.17) is 9.47 Å². The number of rotatable bonds is 7. The van der Waals surface area contributed by atoms with Crippen LogP contribution >= 0.6 is 15.9 Å². The number of ether oxygens (including phenoxy) is 2. The molecule has 1 fully saturated rings. The van der Waals surface area contributed by atoms with Crippen LogP contribution in [0.25, 0.3) is 0 Å². The van der Waals surface area contributed by atoms with Gasteiger partial charge in [-0.05, 0) is 34.9 Å². The lowest BCUT2D eigenvalue weighted by Gasteiger charge is -2.41. The number of methoxy groups -OCH3 is 1. The highest BCUT2D eigenvalue weighted by atomic mass is 79.9. The van der Waals surface area contributed by atoms with E-state index in [1.54, 1.807) is 18.6 Å². The molecule has 38 heavy (non-hydrogen) atoms. The molecule has 0 amide bonds. The van der Waals surface area contributed by atoms with Gasteiger partial charge in [0.1, 0.15) is 11.5 Å². The molecule has 2 aliphatic rings. The van der Waals surface area contributed by atoms with Gasteiger partial charge in [-0.3, -0.25) is 9.97 Å². The summed E-state index contributed by atoms with van der Waals surface area (Å²) in [7, 11) is 1.53. The third-order valence-electron chi connectivity index (χ3n) is 7.88. The fourth-order valence-electron chi connectivity index (χ4n) is 6.34. The van der Waals surface area contributed by atoms with Gasteiger partial charge in [-0.15, -0.1) is 0 Å². The standard InChI is InChI=1S/C30H28BrN3O4/c1-37-24-17-34-18-25-27(24)29(36)28(35)23(16-33-15-19-6-5-13-32-14-19)26(20-7-3-2-4-8-20)30(29,38-25)21-9-11-22(31)12-10-21/h2-14,17-18,23,26,28,33,35-36H,15-16H2,1H3/t23-,26-,28?,29+,30+/m1/s1. The van der Waals surface area contributed by atoms with Crippen LogP contribution in [0.5, 0.6) is 11.5 Å². The predicted octanol–water partition coefficient (Wildman–Crippen LogP) is 4.29. The number of nitrogens with zero attached hydrogens (tertiary/aromatic N) is 2. The van der Waals surface area contributed by atoms with Gasteiger partial charge in [-0.1, -0.05) is 64.5 Å². The number of nitrogens with one attached hydrogen (secondary N) is 1. The third-order valence-corrected chi connectivity index (χ3v) is 8.41. The maximum absolute atomic E-state index is 12.8. The number of pyridine rings is 2. The van der Waals surface area contributed by atoms with Crippen LogP contribution in [0.2, 0.25) is 0 Å². The Morgan fingerprint density at radius 2 is 1.79 bits per heavy atom. The van der Waals surface area contributed by atoms with E-state index in [1.807, 2.05) is 72.9 Å². The molecule has 6 rings (SSSR count). The van der Waals surface area contributed by atoms with Crippen LogP contribution in [0, 0.1) is 5.92 Å². The first kappa shape index (κ1) is 25.0. The molecule has 1 saturated carbocycles. The number of fused-ring (bicyclic) bond motifs is 3. The Bertz CT molecular complexity index is 1420. The number of aliphatic hydroxyl groups excluding tert-OH is 1. The number of aromatic nitrogens is 2. The first-order valence-corrected chi connectivity index (χ1v) is 13.3. The maximum Gasteiger partial charge on any atom is 0.177 e. The molecule has 0 bridgehead atoms. The highest BCUT2D eigenvalue weighted by Crippen LogP contribution is 2.69. The molecule has 194 valence electrons. The van der Waals surface area contributed by atoms with Crippen molar-refractivity contribution >= 4 is 15.9 Å². The van der Waals surface area contributed by atoms with Crippen LogP contribution in [-0.4, -0.2) is 39.9 Å². The molecule has 7 nitrogen and oxygen atoms in total. The van der Waals surface area contributed by atoms with E-state index >= 15 is 0 Å². The molecule has 4 aromatic rings. The lowest BCUT2D eigenvalue weighted by atomic mass is 9.70. The Kier molecular flexibility index (Phi) is 6.44. The summed E-state index contributed by atoms with van der Waals surface area (Å²) in [5.74, 6) is -0.0487. The monoisotopic (exact) mass is 573 g/mol. The number of benzene rings is 2. The van der Waals surface area contributed by atoms with E-state index in [2.05, 4.69) is 31.2 Å². The maximum atomic E-state index is 12.8. The number of halogens is 1. The summed E-state index contributed by atoms with van der Waals surface area (Å²) < 4.78 is 13.4. The minimum absolute atomic E-state index is 0.374. The normalized spacial score (nSPS) is 27.4. The Labute approximate surface area is 229 Å². The molecule has 0 radical (unpaired) electrons. The van der Waals surface area contributed by atoms with Crippen LogP contribution in [0.3, 0.4) is 0 Å². The zero-order valence-corrected chi connectivity index (χ0v) is 22.4. The van der Waals surface area contributed by atoms with Crippen LogP contribution in [0.1, 0.15) is 28.2 Å². The smallest absolute Gasteiger partial charge is 0.177 e. The first-order valence-electron chi connectivity index (χ1n) is 12.5. The molecule has 0 spiro atoms. The predicted molar refractivity (Wildman–Crippen MR) is 146 cm³/mol. The van der Waals surface area contributed by atoms with E-state index in [0.717, 1.165) is 21.2 Å². The van der Waals surface area contributed by atoms with Crippen LogP contribution in [0.15, 0.2) is 96.0 Å². The molecule has 3 N–H and O–H groups in total. The Morgan fingerprint density at radius 3 is 2.50 bits per heavy atom.